The molecule has 144 valence electrons. The Bertz CT molecular complexity index is 956. The predicted octanol–water partition coefficient (Wildman–Crippen LogP) is 2.01. The van der Waals surface area contributed by atoms with Gasteiger partial charge < -0.3 is 10.2 Å². The average Bonchev–Trinajstić information content (AvgIpc) is 3.13. The summed E-state index contributed by atoms with van der Waals surface area (Å²) in [5.41, 5.74) is 3.21. The second-order valence-electron chi connectivity index (χ2n) is 8.32. The smallest absolute Gasteiger partial charge is 0.153 e. The number of pyridine rings is 1. The second kappa shape index (κ2) is 7.45. The summed E-state index contributed by atoms with van der Waals surface area (Å²) in [5, 5.41) is 8.09. The highest BCUT2D eigenvalue weighted by atomic mass is 15.3. The average molecular weight is 374 g/mol. The van der Waals surface area contributed by atoms with E-state index < -0.39 is 0 Å². The number of aromatic nitrogens is 4. The Kier molecular flexibility index (Phi) is 4.67. The molecule has 3 aromatic rings. The van der Waals surface area contributed by atoms with Gasteiger partial charge in [0.1, 0.15) is 19.5 Å². The fourth-order valence-electron chi connectivity index (χ4n) is 4.85. The van der Waals surface area contributed by atoms with E-state index in [0.29, 0.717) is 0 Å². The first kappa shape index (κ1) is 17.5. The SMILES string of the molecule is Bc1cnn2c(NCc3cccnc3)cc(N3CC[C@@H]4CCCCC4C3)nc12. The highest BCUT2D eigenvalue weighted by molar-refractivity contribution is 6.36. The van der Waals surface area contributed by atoms with Gasteiger partial charge in [-0.2, -0.15) is 9.61 Å². The van der Waals surface area contributed by atoms with Gasteiger partial charge >= 0.3 is 0 Å². The molecule has 0 spiro atoms. The number of hydrogen-bond acceptors (Lipinski definition) is 5. The minimum Gasteiger partial charge on any atom is -0.366 e. The van der Waals surface area contributed by atoms with Crippen LogP contribution < -0.4 is 15.7 Å². The molecule has 0 radical (unpaired) electrons. The van der Waals surface area contributed by atoms with Gasteiger partial charge in [0.2, 0.25) is 0 Å². The molecule has 2 atom stereocenters. The molecule has 1 N–H and O–H groups in total. The molecule has 4 heterocycles. The first-order valence-corrected chi connectivity index (χ1v) is 10.5. The zero-order chi connectivity index (χ0) is 18.9. The lowest BCUT2D eigenvalue weighted by Crippen LogP contribution is -2.42. The highest BCUT2D eigenvalue weighted by Gasteiger charge is 2.32. The lowest BCUT2D eigenvalue weighted by Gasteiger charge is -2.41. The van der Waals surface area contributed by atoms with E-state index in [-0.39, 0.29) is 0 Å². The molecule has 0 amide bonds. The van der Waals surface area contributed by atoms with Crippen LogP contribution >= 0.6 is 0 Å². The normalized spacial score (nSPS) is 22.2. The number of nitrogens with zero attached hydrogens (tertiary/aromatic N) is 5. The van der Waals surface area contributed by atoms with E-state index in [2.05, 4.69) is 40.3 Å². The Hall–Kier alpha value is -2.57. The van der Waals surface area contributed by atoms with Gasteiger partial charge in [-0.25, -0.2) is 4.98 Å². The Labute approximate surface area is 166 Å². The van der Waals surface area contributed by atoms with E-state index in [1.807, 2.05) is 23.0 Å². The first-order chi connectivity index (χ1) is 13.8. The van der Waals surface area contributed by atoms with Crippen molar-refractivity contribution in [3.05, 3.63) is 42.4 Å². The van der Waals surface area contributed by atoms with E-state index in [1.165, 1.54) is 32.1 Å². The van der Waals surface area contributed by atoms with Gasteiger partial charge in [0.05, 0.1) is 0 Å². The topological polar surface area (TPSA) is 58.4 Å². The third kappa shape index (κ3) is 3.34. The van der Waals surface area contributed by atoms with Gasteiger partial charge in [0.15, 0.2) is 5.65 Å². The molecule has 1 saturated heterocycles. The van der Waals surface area contributed by atoms with Gasteiger partial charge in [0.25, 0.3) is 0 Å². The van der Waals surface area contributed by atoms with E-state index in [4.69, 9.17) is 4.98 Å². The number of hydrogen-bond donors (Lipinski definition) is 1. The monoisotopic (exact) mass is 374 g/mol. The fourth-order valence-corrected chi connectivity index (χ4v) is 4.85. The van der Waals surface area contributed by atoms with E-state index in [1.54, 1.807) is 6.20 Å². The van der Waals surface area contributed by atoms with E-state index >= 15 is 0 Å². The Morgan fingerprint density at radius 3 is 2.89 bits per heavy atom. The summed E-state index contributed by atoms with van der Waals surface area (Å²) in [5.74, 6) is 3.82. The third-order valence-corrected chi connectivity index (χ3v) is 6.45. The van der Waals surface area contributed by atoms with Crippen molar-refractivity contribution >= 4 is 30.6 Å². The maximum absolute atomic E-state index is 4.99. The standard InChI is InChI=1S/C21H27BN6/c22-18-13-25-28-19(24-12-15-4-3-8-23-11-15)10-20(26-21(18)28)27-9-7-16-5-1-2-6-17(16)14-27/h3-4,8,10-11,13,16-17,24H,1-2,5-7,9,12,14,22H2/t16-,17?/m0/s1. The van der Waals surface area contributed by atoms with Crippen LogP contribution in [-0.4, -0.2) is 40.5 Å². The number of piperidine rings is 1. The highest BCUT2D eigenvalue weighted by Crippen LogP contribution is 2.37. The Balaban J connectivity index is 1.43. The Morgan fingerprint density at radius 2 is 2.04 bits per heavy atom. The lowest BCUT2D eigenvalue weighted by atomic mass is 9.75. The maximum Gasteiger partial charge on any atom is 0.153 e. The molecule has 0 bridgehead atoms. The van der Waals surface area contributed by atoms with Crippen LogP contribution in [0.2, 0.25) is 0 Å². The second-order valence-corrected chi connectivity index (χ2v) is 8.32. The van der Waals surface area contributed by atoms with Crippen LogP contribution in [0.1, 0.15) is 37.7 Å². The summed E-state index contributed by atoms with van der Waals surface area (Å²) in [4.78, 5) is 11.7. The summed E-state index contributed by atoms with van der Waals surface area (Å²) in [7, 11) is 2.08. The van der Waals surface area contributed by atoms with Crippen LogP contribution in [-0.2, 0) is 6.54 Å². The largest absolute Gasteiger partial charge is 0.366 e. The molecule has 7 heteroatoms. The van der Waals surface area contributed by atoms with Crippen molar-refractivity contribution in [3.8, 4) is 0 Å². The van der Waals surface area contributed by atoms with Crippen LogP contribution in [0.5, 0.6) is 0 Å². The van der Waals surface area contributed by atoms with Gasteiger partial charge in [-0.1, -0.05) is 25.3 Å². The lowest BCUT2D eigenvalue weighted by molar-refractivity contribution is 0.202. The van der Waals surface area contributed by atoms with E-state index in [0.717, 1.165) is 59.8 Å². The molecule has 6 nitrogen and oxygen atoms in total. The van der Waals surface area contributed by atoms with Crippen LogP contribution in [0.3, 0.4) is 0 Å². The molecular formula is C21H27BN6. The van der Waals surface area contributed by atoms with Crippen molar-refractivity contribution in [3.63, 3.8) is 0 Å². The van der Waals surface area contributed by atoms with Gasteiger partial charge in [-0.3, -0.25) is 4.98 Å². The van der Waals surface area contributed by atoms with Gasteiger partial charge in [-0.05, 0) is 41.8 Å². The summed E-state index contributed by atoms with van der Waals surface area (Å²) in [6.45, 7) is 2.97. The summed E-state index contributed by atoms with van der Waals surface area (Å²) >= 11 is 0. The quantitative estimate of drug-likeness (QED) is 0.708. The minimum absolute atomic E-state index is 0.718. The molecular weight excluding hydrogens is 347 g/mol. The predicted molar refractivity (Wildman–Crippen MR) is 115 cm³/mol. The van der Waals surface area contributed by atoms with Crippen molar-refractivity contribution in [2.45, 2.75) is 38.6 Å². The van der Waals surface area contributed by atoms with Crippen molar-refractivity contribution < 1.29 is 0 Å². The van der Waals surface area contributed by atoms with Crippen LogP contribution in [0, 0.1) is 11.8 Å². The van der Waals surface area contributed by atoms with Crippen LogP contribution in [0.25, 0.3) is 5.65 Å². The number of anilines is 2. The molecule has 0 aromatic carbocycles. The molecule has 1 saturated carbocycles. The number of nitrogens with one attached hydrogen (secondary N) is 1. The molecule has 28 heavy (non-hydrogen) atoms. The van der Waals surface area contributed by atoms with Crippen molar-refractivity contribution in [1.82, 2.24) is 19.6 Å². The minimum atomic E-state index is 0.718. The maximum atomic E-state index is 4.99. The molecule has 1 aliphatic carbocycles. The van der Waals surface area contributed by atoms with Crippen LogP contribution in [0.15, 0.2) is 36.8 Å². The summed E-state index contributed by atoms with van der Waals surface area (Å²) in [6, 6.07) is 6.22. The number of fused-ring (bicyclic) bond motifs is 2. The van der Waals surface area contributed by atoms with Crippen LogP contribution in [0.4, 0.5) is 11.6 Å². The molecule has 2 aliphatic rings. The fraction of sp³-hybridized carbons (Fsp3) is 0.476. The van der Waals surface area contributed by atoms with E-state index in [9.17, 15) is 0 Å². The molecule has 1 unspecified atom stereocenters. The number of rotatable bonds is 4. The molecule has 1 aliphatic heterocycles. The molecule has 5 rings (SSSR count). The van der Waals surface area contributed by atoms with Gasteiger partial charge in [-0.15, -0.1) is 0 Å². The first-order valence-electron chi connectivity index (χ1n) is 10.5. The summed E-state index contributed by atoms with van der Waals surface area (Å²) < 4.78 is 1.92. The third-order valence-electron chi connectivity index (χ3n) is 6.45. The zero-order valence-electron chi connectivity index (χ0n) is 16.5. The Morgan fingerprint density at radius 1 is 1.14 bits per heavy atom. The zero-order valence-corrected chi connectivity index (χ0v) is 16.5. The summed E-state index contributed by atoms with van der Waals surface area (Å²) in [6.07, 6.45) is 12.5. The molecule has 2 fully saturated rings. The molecule has 3 aromatic heterocycles. The van der Waals surface area contributed by atoms with Gasteiger partial charge in [0, 0.05) is 44.3 Å². The van der Waals surface area contributed by atoms with Crippen molar-refractivity contribution in [2.24, 2.45) is 11.8 Å². The van der Waals surface area contributed by atoms with Crippen molar-refractivity contribution in [1.29, 1.82) is 0 Å². The van der Waals surface area contributed by atoms with Crippen molar-refractivity contribution in [2.75, 3.05) is 23.3 Å².